The minimum atomic E-state index is -0.437. The lowest BCUT2D eigenvalue weighted by atomic mass is 10.2. The minimum Gasteiger partial charge on any atom is -0.465 e. The van der Waals surface area contributed by atoms with Crippen LogP contribution in [0.25, 0.3) is 0 Å². The summed E-state index contributed by atoms with van der Waals surface area (Å²) in [5.74, 6) is -0.232. The van der Waals surface area contributed by atoms with Crippen LogP contribution in [0.5, 0.6) is 0 Å². The van der Waals surface area contributed by atoms with Gasteiger partial charge in [-0.3, -0.25) is 9.59 Å². The van der Waals surface area contributed by atoms with E-state index in [4.69, 9.17) is 4.74 Å². The summed E-state index contributed by atoms with van der Waals surface area (Å²) in [6.45, 7) is 2.22. The van der Waals surface area contributed by atoms with E-state index < -0.39 is 5.97 Å². The van der Waals surface area contributed by atoms with E-state index in [-0.39, 0.29) is 25.5 Å². The second kappa shape index (κ2) is 8.02. The fourth-order valence-electron chi connectivity index (χ4n) is 2.04. The van der Waals surface area contributed by atoms with Gasteiger partial charge in [-0.25, -0.2) is 4.68 Å². The van der Waals surface area contributed by atoms with Crippen molar-refractivity contribution in [2.75, 3.05) is 13.2 Å². The van der Waals surface area contributed by atoms with Gasteiger partial charge in [0.05, 0.1) is 13.0 Å². The van der Waals surface area contributed by atoms with Crippen molar-refractivity contribution in [1.82, 2.24) is 25.1 Å². The summed E-state index contributed by atoms with van der Waals surface area (Å²) in [6, 6.07) is 9.46. The van der Waals surface area contributed by atoms with Crippen molar-refractivity contribution in [3.8, 4) is 0 Å². The minimum absolute atomic E-state index is 0.0236. The van der Waals surface area contributed by atoms with Crippen LogP contribution in [0.15, 0.2) is 30.3 Å². The molecule has 1 aromatic carbocycles. The highest BCUT2D eigenvalue weighted by Crippen LogP contribution is 2.07. The molecule has 0 saturated heterocycles. The molecule has 2 rings (SSSR count). The molecule has 2 aromatic rings. The summed E-state index contributed by atoms with van der Waals surface area (Å²) >= 11 is 0. The Morgan fingerprint density at radius 2 is 2.00 bits per heavy atom. The molecular formula is C15H19N5O3. The maximum Gasteiger partial charge on any atom is 0.325 e. The Bertz CT molecular complexity index is 656. The monoisotopic (exact) mass is 317 g/mol. The Labute approximate surface area is 134 Å². The topological polar surface area (TPSA) is 90.2 Å². The predicted octanol–water partition coefficient (Wildman–Crippen LogP) is 0.344. The number of carbonyl (C=O) groups excluding carboxylic acids is 2. The molecule has 1 heterocycles. The average molecular weight is 317 g/mol. The van der Waals surface area contributed by atoms with Crippen molar-refractivity contribution >= 4 is 11.9 Å². The number of esters is 1. The standard InChI is InChI=1S/C15H19N5O3/c1-3-23-15(22)11-20(10-12-7-5-4-6-8-12)14(21)9-13-16-17-18-19(13)2/h4-8H,3,9-11H2,1-2H3. The first-order valence-corrected chi connectivity index (χ1v) is 7.28. The number of rotatable bonds is 7. The number of aryl methyl sites for hydroxylation is 1. The second-order valence-corrected chi connectivity index (χ2v) is 4.94. The molecule has 23 heavy (non-hydrogen) atoms. The number of hydrogen-bond donors (Lipinski definition) is 0. The predicted molar refractivity (Wildman–Crippen MR) is 81.0 cm³/mol. The number of hydrogen-bond acceptors (Lipinski definition) is 6. The van der Waals surface area contributed by atoms with E-state index in [1.54, 1.807) is 14.0 Å². The van der Waals surface area contributed by atoms with E-state index in [1.807, 2.05) is 30.3 Å². The summed E-state index contributed by atoms with van der Waals surface area (Å²) in [6.07, 6.45) is 0.0236. The van der Waals surface area contributed by atoms with E-state index in [9.17, 15) is 9.59 Å². The van der Waals surface area contributed by atoms with Gasteiger partial charge < -0.3 is 9.64 Å². The number of tetrazole rings is 1. The first-order valence-electron chi connectivity index (χ1n) is 7.28. The molecule has 8 nitrogen and oxygen atoms in total. The Morgan fingerprint density at radius 3 is 2.61 bits per heavy atom. The fourth-order valence-corrected chi connectivity index (χ4v) is 2.04. The molecule has 0 fully saturated rings. The highest BCUT2D eigenvalue weighted by molar-refractivity contribution is 5.83. The van der Waals surface area contributed by atoms with Crippen LogP contribution in [0.1, 0.15) is 18.3 Å². The molecule has 0 atom stereocenters. The quantitative estimate of drug-likeness (QED) is 0.684. The first-order chi connectivity index (χ1) is 11.1. The van der Waals surface area contributed by atoms with Crippen LogP contribution >= 0.6 is 0 Å². The maximum absolute atomic E-state index is 12.5. The van der Waals surface area contributed by atoms with Crippen molar-refractivity contribution in [1.29, 1.82) is 0 Å². The summed E-state index contributed by atoms with van der Waals surface area (Å²) in [4.78, 5) is 25.7. The largest absolute Gasteiger partial charge is 0.465 e. The molecule has 1 aromatic heterocycles. The Morgan fingerprint density at radius 1 is 1.26 bits per heavy atom. The summed E-state index contributed by atoms with van der Waals surface area (Å²) in [5, 5.41) is 11.0. The van der Waals surface area contributed by atoms with Gasteiger partial charge >= 0.3 is 5.97 Å². The Kier molecular flexibility index (Phi) is 5.79. The number of ether oxygens (including phenoxy) is 1. The molecule has 0 bridgehead atoms. The number of amides is 1. The van der Waals surface area contributed by atoms with Crippen LogP contribution in [0, 0.1) is 0 Å². The van der Waals surface area contributed by atoms with Gasteiger partial charge in [0.1, 0.15) is 6.54 Å². The molecule has 0 aliphatic heterocycles. The van der Waals surface area contributed by atoms with Crippen LogP contribution in [0.3, 0.4) is 0 Å². The third-order valence-electron chi connectivity index (χ3n) is 3.21. The van der Waals surface area contributed by atoms with Gasteiger partial charge in [0.25, 0.3) is 0 Å². The average Bonchev–Trinajstić information content (AvgIpc) is 2.93. The van der Waals surface area contributed by atoms with Gasteiger partial charge in [-0.15, -0.1) is 5.10 Å². The van der Waals surface area contributed by atoms with E-state index in [0.717, 1.165) is 5.56 Å². The highest BCUT2D eigenvalue weighted by Gasteiger charge is 2.20. The van der Waals surface area contributed by atoms with Crippen LogP contribution in [-0.2, 0) is 34.3 Å². The zero-order valence-electron chi connectivity index (χ0n) is 13.2. The SMILES string of the molecule is CCOC(=O)CN(Cc1ccccc1)C(=O)Cc1nnnn1C. The van der Waals surface area contributed by atoms with Gasteiger partial charge in [-0.2, -0.15) is 0 Å². The molecule has 1 amide bonds. The van der Waals surface area contributed by atoms with E-state index in [2.05, 4.69) is 15.5 Å². The van der Waals surface area contributed by atoms with Gasteiger partial charge in [0.2, 0.25) is 5.91 Å². The molecule has 122 valence electrons. The van der Waals surface area contributed by atoms with Crippen molar-refractivity contribution in [2.45, 2.75) is 19.9 Å². The third kappa shape index (κ3) is 4.87. The fraction of sp³-hybridized carbons (Fsp3) is 0.400. The molecular weight excluding hydrogens is 298 g/mol. The zero-order valence-corrected chi connectivity index (χ0v) is 13.2. The third-order valence-corrected chi connectivity index (χ3v) is 3.21. The van der Waals surface area contributed by atoms with Gasteiger partial charge in [0, 0.05) is 13.6 Å². The lowest BCUT2D eigenvalue weighted by molar-refractivity contribution is -0.149. The molecule has 0 radical (unpaired) electrons. The zero-order chi connectivity index (χ0) is 16.7. The van der Waals surface area contributed by atoms with E-state index >= 15 is 0 Å². The second-order valence-electron chi connectivity index (χ2n) is 4.94. The molecule has 8 heteroatoms. The van der Waals surface area contributed by atoms with Crippen molar-refractivity contribution in [2.24, 2.45) is 7.05 Å². The molecule has 0 spiro atoms. The van der Waals surface area contributed by atoms with Gasteiger partial charge in [0.15, 0.2) is 5.82 Å². The summed E-state index contributed by atoms with van der Waals surface area (Å²) < 4.78 is 6.37. The summed E-state index contributed by atoms with van der Waals surface area (Å²) in [5.41, 5.74) is 0.932. The van der Waals surface area contributed by atoms with Crippen molar-refractivity contribution in [3.63, 3.8) is 0 Å². The van der Waals surface area contributed by atoms with Crippen LogP contribution in [0.2, 0.25) is 0 Å². The lowest BCUT2D eigenvalue weighted by Crippen LogP contribution is -2.37. The number of carbonyl (C=O) groups is 2. The smallest absolute Gasteiger partial charge is 0.325 e. The highest BCUT2D eigenvalue weighted by atomic mass is 16.5. The van der Waals surface area contributed by atoms with Crippen molar-refractivity contribution < 1.29 is 14.3 Å². The van der Waals surface area contributed by atoms with Crippen LogP contribution in [0.4, 0.5) is 0 Å². The molecule has 0 aliphatic rings. The van der Waals surface area contributed by atoms with Crippen LogP contribution < -0.4 is 0 Å². The van der Waals surface area contributed by atoms with Crippen LogP contribution in [-0.4, -0.2) is 50.1 Å². The van der Waals surface area contributed by atoms with E-state index in [1.165, 1.54) is 9.58 Å². The van der Waals surface area contributed by atoms with E-state index in [0.29, 0.717) is 12.4 Å². The number of nitrogens with zero attached hydrogens (tertiary/aromatic N) is 5. The molecule has 0 aliphatic carbocycles. The number of benzene rings is 1. The van der Waals surface area contributed by atoms with Gasteiger partial charge in [-0.1, -0.05) is 30.3 Å². The number of aromatic nitrogens is 4. The lowest BCUT2D eigenvalue weighted by Gasteiger charge is -2.21. The Hall–Kier alpha value is -2.77. The normalized spacial score (nSPS) is 10.3. The molecule has 0 saturated carbocycles. The van der Waals surface area contributed by atoms with Crippen molar-refractivity contribution in [3.05, 3.63) is 41.7 Å². The summed E-state index contributed by atoms with van der Waals surface area (Å²) in [7, 11) is 1.66. The van der Waals surface area contributed by atoms with Gasteiger partial charge in [-0.05, 0) is 22.9 Å². The Balaban J connectivity index is 2.09. The maximum atomic E-state index is 12.5. The molecule has 0 unspecified atom stereocenters. The first kappa shape index (κ1) is 16.6. The molecule has 0 N–H and O–H groups in total.